The third kappa shape index (κ3) is 4.72. The van der Waals surface area contributed by atoms with Crippen molar-refractivity contribution in [1.82, 2.24) is 9.88 Å². The van der Waals surface area contributed by atoms with Crippen LogP contribution in [0.5, 0.6) is 0 Å². The van der Waals surface area contributed by atoms with Crippen LogP contribution >= 0.6 is 0 Å². The number of hydrogen-bond donors (Lipinski definition) is 2. The molecular weight excluding hydrogens is 302 g/mol. The number of aromatic nitrogens is 1. The molecule has 23 heavy (non-hydrogen) atoms. The molecule has 0 atom stereocenters. The highest BCUT2D eigenvalue weighted by molar-refractivity contribution is 6.03. The molecule has 2 aromatic rings. The maximum Gasteiger partial charge on any atom is 0.274 e. The van der Waals surface area contributed by atoms with Crippen LogP contribution in [0.2, 0.25) is 0 Å². The number of likely N-dealkylation sites (N-methyl/N-ethyl adjacent to an activating group) is 1. The van der Waals surface area contributed by atoms with Gasteiger partial charge in [-0.2, -0.15) is 0 Å². The third-order valence-electron chi connectivity index (χ3n) is 3.08. The smallest absolute Gasteiger partial charge is 0.274 e. The molecule has 0 aliphatic rings. The largest absolute Gasteiger partial charge is 0.384 e. The average Bonchev–Trinajstić information content (AvgIpc) is 2.51. The van der Waals surface area contributed by atoms with E-state index in [4.69, 9.17) is 0 Å². The fourth-order valence-electron chi connectivity index (χ4n) is 1.88. The van der Waals surface area contributed by atoms with Crippen LogP contribution in [0.25, 0.3) is 0 Å². The molecular formula is C16H18F2N4O. The van der Waals surface area contributed by atoms with E-state index in [2.05, 4.69) is 15.6 Å². The summed E-state index contributed by atoms with van der Waals surface area (Å²) in [7, 11) is 3.91. The molecule has 1 amide bonds. The first kappa shape index (κ1) is 16.8. The van der Waals surface area contributed by atoms with Crippen molar-refractivity contribution in [3.8, 4) is 0 Å². The second-order valence-corrected chi connectivity index (χ2v) is 5.21. The Kier molecular flexibility index (Phi) is 5.59. The second-order valence-electron chi connectivity index (χ2n) is 5.21. The van der Waals surface area contributed by atoms with Crippen LogP contribution in [0.1, 0.15) is 10.5 Å². The predicted molar refractivity (Wildman–Crippen MR) is 85.6 cm³/mol. The van der Waals surface area contributed by atoms with Gasteiger partial charge in [-0.15, -0.1) is 0 Å². The zero-order valence-corrected chi connectivity index (χ0v) is 12.9. The zero-order chi connectivity index (χ0) is 16.8. The Balaban J connectivity index is 2.08. The molecule has 0 aliphatic carbocycles. The van der Waals surface area contributed by atoms with Gasteiger partial charge in [-0.1, -0.05) is 6.07 Å². The Morgan fingerprint density at radius 1 is 1.22 bits per heavy atom. The molecule has 2 N–H and O–H groups in total. The molecule has 1 aromatic carbocycles. The number of hydrogen-bond acceptors (Lipinski definition) is 4. The number of pyridine rings is 1. The summed E-state index contributed by atoms with van der Waals surface area (Å²) in [6, 6.07) is 6.63. The third-order valence-corrected chi connectivity index (χ3v) is 3.08. The molecule has 1 aromatic heterocycles. The molecule has 7 heteroatoms. The van der Waals surface area contributed by atoms with Gasteiger partial charge in [-0.05, 0) is 38.4 Å². The number of carbonyl (C=O) groups excluding carboxylic acids is 1. The Hall–Kier alpha value is -2.54. The normalized spacial score (nSPS) is 10.7. The van der Waals surface area contributed by atoms with Crippen molar-refractivity contribution in [2.24, 2.45) is 0 Å². The van der Waals surface area contributed by atoms with Gasteiger partial charge in [-0.25, -0.2) is 8.78 Å². The van der Waals surface area contributed by atoms with Crippen molar-refractivity contribution in [3.05, 3.63) is 53.9 Å². The molecule has 122 valence electrons. The maximum absolute atomic E-state index is 13.6. The summed E-state index contributed by atoms with van der Waals surface area (Å²) >= 11 is 0. The number of carbonyl (C=O) groups is 1. The molecule has 0 fully saturated rings. The van der Waals surface area contributed by atoms with Crippen LogP contribution in [0, 0.1) is 11.6 Å². The summed E-state index contributed by atoms with van der Waals surface area (Å²) in [5, 5.41) is 5.36. The maximum atomic E-state index is 13.6. The first-order chi connectivity index (χ1) is 11.0. The lowest BCUT2D eigenvalue weighted by Gasteiger charge is -2.12. The molecule has 0 saturated heterocycles. The monoisotopic (exact) mass is 320 g/mol. The van der Waals surface area contributed by atoms with Crippen molar-refractivity contribution in [2.75, 3.05) is 37.8 Å². The van der Waals surface area contributed by atoms with E-state index in [9.17, 15) is 13.6 Å². The Morgan fingerprint density at radius 3 is 2.57 bits per heavy atom. The van der Waals surface area contributed by atoms with Crippen LogP contribution in [-0.4, -0.2) is 43.0 Å². The number of rotatable bonds is 6. The van der Waals surface area contributed by atoms with E-state index in [0.717, 1.165) is 18.7 Å². The van der Waals surface area contributed by atoms with Gasteiger partial charge in [0.15, 0.2) is 0 Å². The first-order valence-corrected chi connectivity index (χ1v) is 7.07. The topological polar surface area (TPSA) is 57.3 Å². The minimum Gasteiger partial charge on any atom is -0.384 e. The van der Waals surface area contributed by atoms with Gasteiger partial charge in [0.05, 0.1) is 0 Å². The summed E-state index contributed by atoms with van der Waals surface area (Å²) in [5.41, 5.74) is 0.300. The van der Waals surface area contributed by atoms with E-state index in [-0.39, 0.29) is 5.69 Å². The molecule has 0 bridgehead atoms. The zero-order valence-electron chi connectivity index (χ0n) is 12.9. The van der Waals surface area contributed by atoms with Gasteiger partial charge in [0.1, 0.15) is 23.0 Å². The Morgan fingerprint density at radius 2 is 1.91 bits per heavy atom. The van der Waals surface area contributed by atoms with Crippen LogP contribution in [0.15, 0.2) is 36.5 Å². The fraction of sp³-hybridized carbons (Fsp3) is 0.250. The van der Waals surface area contributed by atoms with Crippen LogP contribution in [0.3, 0.4) is 0 Å². The highest BCUT2D eigenvalue weighted by atomic mass is 19.1. The van der Waals surface area contributed by atoms with E-state index >= 15 is 0 Å². The summed E-state index contributed by atoms with van der Waals surface area (Å²) in [5.74, 6) is -2.34. The van der Waals surface area contributed by atoms with E-state index < -0.39 is 23.2 Å². The lowest BCUT2D eigenvalue weighted by Crippen LogP contribution is -2.21. The van der Waals surface area contributed by atoms with Crippen molar-refractivity contribution >= 4 is 17.3 Å². The van der Waals surface area contributed by atoms with Crippen LogP contribution in [-0.2, 0) is 0 Å². The average molecular weight is 320 g/mol. The predicted octanol–water partition coefficient (Wildman–Crippen LogP) is 2.59. The lowest BCUT2D eigenvalue weighted by atomic mass is 10.2. The van der Waals surface area contributed by atoms with Crippen molar-refractivity contribution < 1.29 is 13.6 Å². The SMILES string of the molecule is CN(C)CCNc1ccnc(C(=O)Nc2c(F)cccc2F)c1. The van der Waals surface area contributed by atoms with Gasteiger partial charge in [0.25, 0.3) is 5.91 Å². The minimum atomic E-state index is -0.835. The van der Waals surface area contributed by atoms with Gasteiger partial charge >= 0.3 is 0 Å². The van der Waals surface area contributed by atoms with Crippen molar-refractivity contribution in [3.63, 3.8) is 0 Å². The number of halogens is 2. The number of anilines is 2. The van der Waals surface area contributed by atoms with Crippen LogP contribution in [0.4, 0.5) is 20.2 Å². The number of amides is 1. The molecule has 5 nitrogen and oxygen atoms in total. The summed E-state index contributed by atoms with van der Waals surface area (Å²) in [4.78, 5) is 18.1. The fourth-order valence-corrected chi connectivity index (χ4v) is 1.88. The highest BCUT2D eigenvalue weighted by Gasteiger charge is 2.14. The molecule has 0 spiro atoms. The molecule has 0 unspecified atom stereocenters. The number of nitrogens with one attached hydrogen (secondary N) is 2. The molecule has 1 heterocycles. The quantitative estimate of drug-likeness (QED) is 0.859. The van der Waals surface area contributed by atoms with Crippen molar-refractivity contribution in [2.45, 2.75) is 0 Å². The Bertz CT molecular complexity index is 671. The van der Waals surface area contributed by atoms with E-state index in [1.165, 1.54) is 18.3 Å². The highest BCUT2D eigenvalue weighted by Crippen LogP contribution is 2.19. The number of para-hydroxylation sites is 1. The molecule has 0 radical (unpaired) electrons. The van der Waals surface area contributed by atoms with Crippen LogP contribution < -0.4 is 10.6 Å². The van der Waals surface area contributed by atoms with Gasteiger partial charge < -0.3 is 15.5 Å². The van der Waals surface area contributed by atoms with E-state index in [1.54, 1.807) is 6.07 Å². The Labute approximate surface area is 133 Å². The molecule has 2 rings (SSSR count). The first-order valence-electron chi connectivity index (χ1n) is 7.07. The van der Waals surface area contributed by atoms with Crippen molar-refractivity contribution in [1.29, 1.82) is 0 Å². The standard InChI is InChI=1S/C16H18F2N4O/c1-22(2)9-8-19-11-6-7-20-14(10-11)16(23)21-15-12(17)4-3-5-13(15)18/h3-7,10H,8-9H2,1-2H3,(H,19,20)(H,21,23). The van der Waals surface area contributed by atoms with Gasteiger partial charge in [0, 0.05) is 25.0 Å². The molecule has 0 aliphatic heterocycles. The molecule has 0 saturated carbocycles. The number of benzene rings is 1. The van der Waals surface area contributed by atoms with Gasteiger partial charge in [0.2, 0.25) is 0 Å². The summed E-state index contributed by atoms with van der Waals surface area (Å²) < 4.78 is 27.1. The number of nitrogens with zero attached hydrogens (tertiary/aromatic N) is 2. The van der Waals surface area contributed by atoms with E-state index in [0.29, 0.717) is 12.2 Å². The summed E-state index contributed by atoms with van der Waals surface area (Å²) in [6.07, 6.45) is 1.46. The van der Waals surface area contributed by atoms with Gasteiger partial charge in [-0.3, -0.25) is 9.78 Å². The van der Waals surface area contributed by atoms with E-state index in [1.807, 2.05) is 19.0 Å². The lowest BCUT2D eigenvalue weighted by molar-refractivity contribution is 0.102. The minimum absolute atomic E-state index is 0.0718. The summed E-state index contributed by atoms with van der Waals surface area (Å²) in [6.45, 7) is 1.52. The second kappa shape index (κ2) is 7.64.